The Morgan fingerprint density at radius 3 is 1.89 bits per heavy atom. The summed E-state index contributed by atoms with van der Waals surface area (Å²) < 4.78 is 61.3. The monoisotopic (exact) mass is 724 g/mol. The number of halogens is 4. The number of aromatic nitrogens is 4. The average Bonchev–Trinajstić information content (AvgIpc) is 3.71. The Kier molecular flexibility index (Phi) is 7.11. The van der Waals surface area contributed by atoms with Gasteiger partial charge in [0.1, 0.15) is 40.2 Å². The van der Waals surface area contributed by atoms with Gasteiger partial charge in [-0.1, -0.05) is 37.3 Å². The Morgan fingerprint density at radius 1 is 0.709 bits per heavy atom. The number of nitriles is 2. The first-order valence-corrected chi connectivity index (χ1v) is 17.7. The predicted molar refractivity (Wildman–Crippen MR) is 201 cm³/mol. The van der Waals surface area contributed by atoms with Gasteiger partial charge < -0.3 is 0 Å². The zero-order chi connectivity index (χ0) is 37.7. The van der Waals surface area contributed by atoms with E-state index in [0.29, 0.717) is 112 Å². The average molecular weight is 725 g/mol. The van der Waals surface area contributed by atoms with Crippen LogP contribution in [0.25, 0.3) is 78.2 Å². The van der Waals surface area contributed by atoms with E-state index in [2.05, 4.69) is 12.1 Å². The number of hydrogen-bond donors (Lipinski definition) is 0. The molecule has 1 atom stereocenters. The first kappa shape index (κ1) is 32.6. The molecule has 7 aromatic rings. The number of hydrogen-bond acceptors (Lipinski definition) is 6. The summed E-state index contributed by atoms with van der Waals surface area (Å²) in [6, 6.07) is 23.9. The lowest BCUT2D eigenvalue weighted by Gasteiger charge is -2.19. The van der Waals surface area contributed by atoms with Gasteiger partial charge in [0, 0.05) is 57.4 Å². The van der Waals surface area contributed by atoms with Crippen LogP contribution in [-0.2, 0) is 6.42 Å². The van der Waals surface area contributed by atoms with Crippen LogP contribution in [0.2, 0.25) is 0 Å². The van der Waals surface area contributed by atoms with Gasteiger partial charge in [0.15, 0.2) is 0 Å². The Hall–Kier alpha value is -7.04. The lowest BCUT2D eigenvalue weighted by molar-refractivity contribution is 0.333. The number of allylic oxidation sites excluding steroid dienone is 2. The van der Waals surface area contributed by atoms with E-state index in [1.807, 2.05) is 0 Å². The van der Waals surface area contributed by atoms with Gasteiger partial charge in [-0.25, -0.2) is 37.5 Å². The highest BCUT2D eigenvalue weighted by Crippen LogP contribution is 2.53. The SMILES string of the molecule is CC/C=C(/F)c1c(F)ccc2c1Cc1nc3c(-c4ccc(C#N)cc4)c4nc5c(nc4c(-c4ccc(C#N)cc4)c3nc1-2)C1=CCC(F)c2c(F)ccc-5c21. The molecule has 10 heteroatoms. The maximum Gasteiger partial charge on any atom is 0.133 e. The van der Waals surface area contributed by atoms with Gasteiger partial charge in [0.25, 0.3) is 0 Å². The van der Waals surface area contributed by atoms with Crippen LogP contribution in [0.1, 0.15) is 70.7 Å². The van der Waals surface area contributed by atoms with Crippen molar-refractivity contribution in [3.8, 4) is 56.9 Å². The lowest BCUT2D eigenvalue weighted by Crippen LogP contribution is -2.05. The van der Waals surface area contributed by atoms with Crippen LogP contribution in [-0.4, -0.2) is 19.9 Å². The summed E-state index contributed by atoms with van der Waals surface area (Å²) in [4.78, 5) is 21.0. The molecule has 262 valence electrons. The number of rotatable bonds is 4. The van der Waals surface area contributed by atoms with Gasteiger partial charge in [-0.3, -0.25) is 0 Å². The van der Waals surface area contributed by atoms with Gasteiger partial charge in [0.05, 0.1) is 51.6 Å². The number of nitrogens with zero attached hydrogens (tertiary/aromatic N) is 6. The second-order valence-electron chi connectivity index (χ2n) is 13.8. The molecule has 3 aliphatic rings. The summed E-state index contributed by atoms with van der Waals surface area (Å²) in [5, 5.41) is 19.3. The molecular formula is C45H24F4N6. The van der Waals surface area contributed by atoms with Crippen molar-refractivity contribution in [3.05, 3.63) is 141 Å². The molecule has 1 unspecified atom stereocenters. The van der Waals surface area contributed by atoms with Crippen molar-refractivity contribution < 1.29 is 17.6 Å². The summed E-state index contributed by atoms with van der Waals surface area (Å²) in [5.41, 5.74) is 9.41. The Morgan fingerprint density at radius 2 is 1.27 bits per heavy atom. The summed E-state index contributed by atoms with van der Waals surface area (Å²) in [6.45, 7) is 1.78. The normalized spacial score (nSPS) is 14.9. The number of fused-ring (bicyclic) bond motifs is 8. The topological polar surface area (TPSA) is 99.1 Å². The zero-order valence-electron chi connectivity index (χ0n) is 29.0. The molecule has 3 aliphatic carbocycles. The molecule has 5 aromatic carbocycles. The molecule has 0 aliphatic heterocycles. The molecule has 2 aromatic heterocycles. The van der Waals surface area contributed by atoms with Crippen molar-refractivity contribution in [2.45, 2.75) is 32.4 Å². The van der Waals surface area contributed by atoms with Crippen molar-refractivity contribution in [2.75, 3.05) is 0 Å². The lowest BCUT2D eigenvalue weighted by atomic mass is 9.89. The van der Waals surface area contributed by atoms with Crippen LogP contribution in [0.3, 0.4) is 0 Å². The van der Waals surface area contributed by atoms with Crippen LogP contribution in [0.15, 0.2) is 84.9 Å². The minimum atomic E-state index is -1.52. The van der Waals surface area contributed by atoms with Crippen LogP contribution >= 0.6 is 0 Å². The van der Waals surface area contributed by atoms with Crippen LogP contribution in [0.4, 0.5) is 17.6 Å². The van der Waals surface area contributed by atoms with E-state index >= 15 is 17.6 Å². The molecule has 55 heavy (non-hydrogen) atoms. The molecule has 0 amide bonds. The molecule has 0 saturated carbocycles. The third-order valence-corrected chi connectivity index (χ3v) is 10.7. The summed E-state index contributed by atoms with van der Waals surface area (Å²) in [6.07, 6.45) is 2.04. The van der Waals surface area contributed by atoms with E-state index in [0.717, 1.165) is 0 Å². The summed E-state index contributed by atoms with van der Waals surface area (Å²) in [7, 11) is 0. The molecular weight excluding hydrogens is 701 g/mol. The Balaban J connectivity index is 1.36. The molecule has 10 rings (SSSR count). The molecule has 6 nitrogen and oxygen atoms in total. The van der Waals surface area contributed by atoms with Gasteiger partial charge >= 0.3 is 0 Å². The van der Waals surface area contributed by atoms with Crippen molar-refractivity contribution >= 4 is 33.5 Å². The fourth-order valence-corrected chi connectivity index (χ4v) is 8.29. The molecule has 0 N–H and O–H groups in total. The van der Waals surface area contributed by atoms with E-state index in [1.54, 1.807) is 73.7 Å². The van der Waals surface area contributed by atoms with Gasteiger partial charge in [-0.05, 0) is 77.7 Å². The van der Waals surface area contributed by atoms with Crippen molar-refractivity contribution in [1.82, 2.24) is 19.9 Å². The molecule has 0 bridgehead atoms. The Bertz CT molecular complexity index is 3030. The van der Waals surface area contributed by atoms with Crippen molar-refractivity contribution in [3.63, 3.8) is 0 Å². The minimum absolute atomic E-state index is 0.0110. The fraction of sp³-hybridized carbons (Fsp3) is 0.111. The number of benzene rings is 5. The molecule has 0 fully saturated rings. The zero-order valence-corrected chi connectivity index (χ0v) is 29.0. The quantitative estimate of drug-likeness (QED) is 0.132. The molecule has 0 spiro atoms. The van der Waals surface area contributed by atoms with Crippen molar-refractivity contribution in [1.29, 1.82) is 10.5 Å². The van der Waals surface area contributed by atoms with E-state index in [9.17, 15) is 10.5 Å². The maximum atomic E-state index is 15.5. The highest BCUT2D eigenvalue weighted by Gasteiger charge is 2.37. The predicted octanol–water partition coefficient (Wildman–Crippen LogP) is 11.0. The van der Waals surface area contributed by atoms with E-state index in [1.165, 1.54) is 18.2 Å². The van der Waals surface area contributed by atoms with Gasteiger partial charge in [0.2, 0.25) is 0 Å². The standard InChI is InChI=1S/C45H24F4N6/c1-2-3-29(46)37-28-18-33-39(25(28)12-15-30(37)47)53-43-35(24-10-6-22(20-51)7-11-24)45-44(34(42(43)52-33)23-8-4-21(19-50)5-9-23)54-40-26-13-16-31(48)38-32(49)17-14-27(36(26)38)41(40)55-45/h3-16,32H,2,17-18H2,1H3/b29-3+. The molecule has 2 heterocycles. The minimum Gasteiger partial charge on any atom is -0.248 e. The third-order valence-electron chi connectivity index (χ3n) is 10.7. The van der Waals surface area contributed by atoms with E-state index in [4.69, 9.17) is 19.9 Å². The summed E-state index contributed by atoms with van der Waals surface area (Å²) >= 11 is 0. The fourth-order valence-electron chi connectivity index (χ4n) is 8.29. The van der Waals surface area contributed by atoms with Gasteiger partial charge in [-0.2, -0.15) is 10.5 Å². The third kappa shape index (κ3) is 4.64. The highest BCUT2D eigenvalue weighted by atomic mass is 19.1. The first-order valence-electron chi connectivity index (χ1n) is 17.7. The highest BCUT2D eigenvalue weighted by molar-refractivity contribution is 6.18. The largest absolute Gasteiger partial charge is 0.248 e. The van der Waals surface area contributed by atoms with Crippen molar-refractivity contribution in [2.24, 2.45) is 0 Å². The van der Waals surface area contributed by atoms with Crippen LogP contribution in [0, 0.1) is 34.3 Å². The first-order chi connectivity index (χ1) is 26.8. The van der Waals surface area contributed by atoms with Crippen LogP contribution in [0.5, 0.6) is 0 Å². The van der Waals surface area contributed by atoms with Crippen LogP contribution < -0.4 is 0 Å². The smallest absolute Gasteiger partial charge is 0.133 e. The number of alkyl halides is 1. The Labute approximate surface area is 311 Å². The van der Waals surface area contributed by atoms with Gasteiger partial charge in [-0.15, -0.1) is 0 Å². The van der Waals surface area contributed by atoms with E-state index < -0.39 is 23.6 Å². The second kappa shape index (κ2) is 12.0. The molecule has 0 saturated heterocycles. The van der Waals surface area contributed by atoms with E-state index in [-0.39, 0.29) is 24.0 Å². The molecule has 0 radical (unpaired) electrons. The summed E-state index contributed by atoms with van der Waals surface area (Å²) in [5.74, 6) is -1.96. The maximum absolute atomic E-state index is 15.5. The second-order valence-corrected chi connectivity index (χ2v) is 13.8.